The number of nitrogens with zero attached hydrogens (tertiary/aromatic N) is 1. The van der Waals surface area contributed by atoms with Crippen LogP contribution < -0.4 is 5.43 Å². The summed E-state index contributed by atoms with van der Waals surface area (Å²) in [6, 6.07) is 14.9. The molecule has 168 valence electrons. The molecule has 0 saturated carbocycles. The van der Waals surface area contributed by atoms with Crippen molar-refractivity contribution in [3.63, 3.8) is 0 Å². The van der Waals surface area contributed by atoms with Crippen LogP contribution in [0.25, 0.3) is 22.2 Å². The first-order valence-corrected chi connectivity index (χ1v) is 12.8. The van der Waals surface area contributed by atoms with Gasteiger partial charge < -0.3 is 4.57 Å². The number of benzene rings is 2. The maximum atomic E-state index is 13.3. The molecular weight excluding hydrogens is 378 g/mol. The standard InChI is InChI=1S/C29H41NO/c1-3-5-7-9-10-11-12-13-17-24-20-21-28-26(29(24)31)23-25-18-14-15-19-27(25)30(28)22-16-8-6-4-2/h14-15,18-21,23H,3-13,16-17,22H2,1-2H3. The summed E-state index contributed by atoms with van der Waals surface area (Å²) in [7, 11) is 0. The Labute approximate surface area is 189 Å². The summed E-state index contributed by atoms with van der Waals surface area (Å²) in [5.74, 6) is 0. The molecule has 0 bridgehead atoms. The lowest BCUT2D eigenvalue weighted by molar-refractivity contribution is 0.575. The Kier molecular flexibility index (Phi) is 9.65. The molecule has 2 heteroatoms. The van der Waals surface area contributed by atoms with Crippen molar-refractivity contribution in [3.8, 4) is 11.3 Å². The fraction of sp³-hybridized carbons (Fsp3) is 0.552. The molecule has 3 rings (SSSR count). The summed E-state index contributed by atoms with van der Waals surface area (Å²) in [5.41, 5.74) is 4.47. The third-order valence-corrected chi connectivity index (χ3v) is 6.61. The van der Waals surface area contributed by atoms with Gasteiger partial charge in [-0.3, -0.25) is 4.79 Å². The molecule has 2 aliphatic rings. The van der Waals surface area contributed by atoms with Crippen LogP contribution in [0.1, 0.15) is 96.5 Å². The van der Waals surface area contributed by atoms with Crippen molar-refractivity contribution < 1.29 is 0 Å². The molecule has 0 amide bonds. The minimum Gasteiger partial charge on any atom is -0.340 e. The van der Waals surface area contributed by atoms with E-state index in [1.54, 1.807) is 0 Å². The lowest BCUT2D eigenvalue weighted by Gasteiger charge is -2.20. The van der Waals surface area contributed by atoms with Crippen LogP contribution in [0.15, 0.2) is 47.3 Å². The molecule has 0 radical (unpaired) electrons. The minimum atomic E-state index is 0.244. The van der Waals surface area contributed by atoms with E-state index < -0.39 is 0 Å². The topological polar surface area (TPSA) is 22.0 Å². The van der Waals surface area contributed by atoms with E-state index in [2.05, 4.69) is 60.9 Å². The molecule has 0 atom stereocenters. The molecule has 0 saturated heterocycles. The average Bonchev–Trinajstić information content (AvgIpc) is 2.79. The first-order valence-electron chi connectivity index (χ1n) is 12.8. The van der Waals surface area contributed by atoms with E-state index in [-0.39, 0.29) is 5.43 Å². The zero-order valence-electron chi connectivity index (χ0n) is 19.8. The Hall–Kier alpha value is -2.09. The number of unbranched alkanes of at least 4 members (excludes halogenated alkanes) is 10. The first-order chi connectivity index (χ1) is 15.3. The van der Waals surface area contributed by atoms with E-state index in [1.165, 1.54) is 75.1 Å². The lowest BCUT2D eigenvalue weighted by atomic mass is 9.97. The van der Waals surface area contributed by atoms with E-state index in [1.807, 2.05) is 0 Å². The van der Waals surface area contributed by atoms with Gasteiger partial charge in [-0.15, -0.1) is 0 Å². The van der Waals surface area contributed by atoms with Gasteiger partial charge in [-0.05, 0) is 42.8 Å². The molecule has 1 aromatic rings. The van der Waals surface area contributed by atoms with Gasteiger partial charge in [-0.25, -0.2) is 0 Å². The van der Waals surface area contributed by atoms with Gasteiger partial charge in [0.05, 0.1) is 5.69 Å². The van der Waals surface area contributed by atoms with E-state index in [4.69, 9.17) is 0 Å². The van der Waals surface area contributed by atoms with Crippen LogP contribution in [-0.2, 0) is 13.0 Å². The smallest absolute Gasteiger partial charge is 0.191 e. The summed E-state index contributed by atoms with van der Waals surface area (Å²) >= 11 is 0. The van der Waals surface area contributed by atoms with Gasteiger partial charge in [0.2, 0.25) is 0 Å². The second-order valence-corrected chi connectivity index (χ2v) is 9.13. The van der Waals surface area contributed by atoms with E-state index in [9.17, 15) is 4.79 Å². The van der Waals surface area contributed by atoms with Crippen molar-refractivity contribution in [2.75, 3.05) is 0 Å². The zero-order valence-corrected chi connectivity index (χ0v) is 19.8. The van der Waals surface area contributed by atoms with Crippen LogP contribution >= 0.6 is 0 Å². The van der Waals surface area contributed by atoms with Crippen molar-refractivity contribution in [3.05, 3.63) is 58.3 Å². The van der Waals surface area contributed by atoms with Crippen LogP contribution in [0.3, 0.4) is 0 Å². The maximum Gasteiger partial charge on any atom is 0.191 e. The van der Waals surface area contributed by atoms with Gasteiger partial charge >= 0.3 is 0 Å². The molecule has 1 aromatic carbocycles. The van der Waals surface area contributed by atoms with E-state index >= 15 is 0 Å². The van der Waals surface area contributed by atoms with Crippen molar-refractivity contribution in [1.82, 2.24) is 4.57 Å². The van der Waals surface area contributed by atoms with Gasteiger partial charge in [-0.2, -0.15) is 0 Å². The number of pyridine rings is 1. The van der Waals surface area contributed by atoms with Gasteiger partial charge in [0.15, 0.2) is 5.43 Å². The van der Waals surface area contributed by atoms with Gasteiger partial charge in [0.1, 0.15) is 0 Å². The summed E-state index contributed by atoms with van der Waals surface area (Å²) < 4.78 is 2.38. The molecule has 0 aromatic heterocycles. The predicted octanol–water partition coefficient (Wildman–Crippen LogP) is 8.37. The molecule has 1 heterocycles. The Bertz CT molecular complexity index is 955. The number of rotatable bonds is 14. The molecule has 1 aliphatic carbocycles. The quantitative estimate of drug-likeness (QED) is 0.190. The number of hydrogen-bond donors (Lipinski definition) is 0. The highest BCUT2D eigenvalue weighted by Crippen LogP contribution is 2.27. The van der Waals surface area contributed by atoms with E-state index in [0.717, 1.165) is 42.6 Å². The molecule has 0 spiro atoms. The fourth-order valence-corrected chi connectivity index (χ4v) is 4.73. The zero-order chi connectivity index (χ0) is 21.9. The van der Waals surface area contributed by atoms with E-state index in [0.29, 0.717) is 0 Å². The molecule has 0 fully saturated rings. The summed E-state index contributed by atoms with van der Waals surface area (Å²) in [5, 5.41) is 1.17. The highest BCUT2D eigenvalue weighted by molar-refractivity contribution is 5.86. The largest absolute Gasteiger partial charge is 0.340 e. The van der Waals surface area contributed by atoms with Crippen molar-refractivity contribution in [2.24, 2.45) is 0 Å². The number of para-hydroxylation sites is 1. The molecule has 0 unspecified atom stereocenters. The fourth-order valence-electron chi connectivity index (χ4n) is 4.73. The second-order valence-electron chi connectivity index (χ2n) is 9.13. The Morgan fingerprint density at radius 1 is 0.710 bits per heavy atom. The normalized spacial score (nSPS) is 11.5. The van der Waals surface area contributed by atoms with Crippen LogP contribution in [0.5, 0.6) is 0 Å². The summed E-state index contributed by atoms with van der Waals surface area (Å²) in [4.78, 5) is 13.3. The lowest BCUT2D eigenvalue weighted by Crippen LogP contribution is -2.17. The Morgan fingerprint density at radius 2 is 1.35 bits per heavy atom. The number of hydrogen-bond acceptors (Lipinski definition) is 1. The van der Waals surface area contributed by atoms with Gasteiger partial charge in [0, 0.05) is 23.2 Å². The SMILES string of the molecule is CCCCCCCCCCc1ccc2n(CCCCCC)c3ccccc3cc-2c1=O. The van der Waals surface area contributed by atoms with Crippen molar-refractivity contribution >= 4 is 10.9 Å². The molecule has 2 nitrogen and oxygen atoms in total. The van der Waals surface area contributed by atoms with Crippen LogP contribution in [0.2, 0.25) is 0 Å². The first kappa shape index (κ1) is 23.6. The average molecular weight is 420 g/mol. The Balaban J connectivity index is 1.73. The number of fused-ring (bicyclic) bond motifs is 2. The third kappa shape index (κ3) is 6.45. The van der Waals surface area contributed by atoms with Crippen LogP contribution in [0.4, 0.5) is 0 Å². The summed E-state index contributed by atoms with van der Waals surface area (Å²) in [6.07, 6.45) is 16.2. The van der Waals surface area contributed by atoms with Gasteiger partial charge in [-0.1, -0.05) is 102 Å². The number of aromatic nitrogens is 1. The minimum absolute atomic E-state index is 0.244. The summed E-state index contributed by atoms with van der Waals surface area (Å²) in [6.45, 7) is 5.49. The molecule has 31 heavy (non-hydrogen) atoms. The molecule has 0 N–H and O–H groups in total. The van der Waals surface area contributed by atoms with Crippen molar-refractivity contribution in [1.29, 1.82) is 0 Å². The number of aryl methyl sites for hydroxylation is 2. The monoisotopic (exact) mass is 419 g/mol. The highest BCUT2D eigenvalue weighted by Gasteiger charge is 2.15. The molecular formula is C29H41NO. The van der Waals surface area contributed by atoms with Crippen LogP contribution in [0, 0.1) is 0 Å². The van der Waals surface area contributed by atoms with Crippen molar-refractivity contribution in [2.45, 2.75) is 104 Å². The van der Waals surface area contributed by atoms with Gasteiger partial charge in [0.25, 0.3) is 0 Å². The maximum absolute atomic E-state index is 13.3. The highest BCUT2D eigenvalue weighted by atomic mass is 16.1. The second kappa shape index (κ2) is 12.7. The predicted molar refractivity (Wildman–Crippen MR) is 135 cm³/mol. The van der Waals surface area contributed by atoms with Crippen LogP contribution in [-0.4, -0.2) is 4.57 Å². The third-order valence-electron chi connectivity index (χ3n) is 6.61. The Morgan fingerprint density at radius 3 is 2.10 bits per heavy atom. The molecule has 1 aliphatic heterocycles.